The lowest BCUT2D eigenvalue weighted by Gasteiger charge is -2.12. The standard InChI is InChI=1S/C19H11ClF5N7O/c20-12-8-11(9-26-16(12)32-27-6-7-28-32)29-17(33)15-13(19(23,24)25)14(30-31(15)18(21)22)10-4-2-1-3-5-10/h1-9,18H,(H,29,33). The van der Waals surface area contributed by atoms with Crippen LogP contribution >= 0.6 is 11.6 Å². The fraction of sp³-hybridized carbons (Fsp3) is 0.105. The topological polar surface area (TPSA) is 90.5 Å². The number of nitrogens with zero attached hydrogens (tertiary/aromatic N) is 6. The third kappa shape index (κ3) is 4.39. The summed E-state index contributed by atoms with van der Waals surface area (Å²) in [6.45, 7) is -3.51. The molecule has 33 heavy (non-hydrogen) atoms. The van der Waals surface area contributed by atoms with Gasteiger partial charge in [-0.2, -0.15) is 41.9 Å². The Hall–Kier alpha value is -3.87. The molecule has 4 aromatic rings. The van der Waals surface area contributed by atoms with Crippen molar-refractivity contribution in [1.29, 1.82) is 0 Å². The Balaban J connectivity index is 1.77. The van der Waals surface area contributed by atoms with Gasteiger partial charge in [-0.3, -0.25) is 4.79 Å². The number of benzene rings is 1. The van der Waals surface area contributed by atoms with E-state index in [1.165, 1.54) is 48.8 Å². The fourth-order valence-corrected chi connectivity index (χ4v) is 3.26. The molecule has 0 saturated carbocycles. The number of amides is 1. The van der Waals surface area contributed by atoms with Crippen molar-refractivity contribution < 1.29 is 26.7 Å². The lowest BCUT2D eigenvalue weighted by Crippen LogP contribution is -2.22. The molecule has 0 atom stereocenters. The first-order valence-electron chi connectivity index (χ1n) is 9.03. The molecule has 1 amide bonds. The Bertz CT molecular complexity index is 1290. The summed E-state index contributed by atoms with van der Waals surface area (Å²) >= 11 is 6.09. The first-order valence-corrected chi connectivity index (χ1v) is 9.41. The minimum absolute atomic E-state index is 0.0487. The van der Waals surface area contributed by atoms with E-state index >= 15 is 0 Å². The SMILES string of the molecule is O=C(Nc1cnc(-n2nccn2)c(Cl)c1)c1c(C(F)(F)F)c(-c2ccccc2)nn1C(F)F. The van der Waals surface area contributed by atoms with Gasteiger partial charge in [-0.1, -0.05) is 41.9 Å². The zero-order chi connectivity index (χ0) is 23.8. The summed E-state index contributed by atoms with van der Waals surface area (Å²) < 4.78 is 68.7. The molecule has 8 nitrogen and oxygen atoms in total. The van der Waals surface area contributed by atoms with E-state index in [1.54, 1.807) is 0 Å². The van der Waals surface area contributed by atoms with Crippen LogP contribution in [0.3, 0.4) is 0 Å². The van der Waals surface area contributed by atoms with Crippen LogP contribution in [0.15, 0.2) is 55.0 Å². The summed E-state index contributed by atoms with van der Waals surface area (Å²) in [5.41, 5.74) is -3.98. The second-order valence-electron chi connectivity index (χ2n) is 6.46. The van der Waals surface area contributed by atoms with Crippen molar-refractivity contribution in [2.24, 2.45) is 0 Å². The van der Waals surface area contributed by atoms with E-state index in [-0.39, 0.29) is 26.8 Å². The second kappa shape index (κ2) is 8.58. The average molecular weight is 484 g/mol. The molecule has 0 radical (unpaired) electrons. The Kier molecular flexibility index (Phi) is 5.80. The number of alkyl halides is 5. The van der Waals surface area contributed by atoms with Crippen molar-refractivity contribution in [2.45, 2.75) is 12.7 Å². The molecule has 0 saturated heterocycles. The van der Waals surface area contributed by atoms with E-state index in [2.05, 4.69) is 25.6 Å². The molecule has 1 aromatic carbocycles. The molecule has 0 bridgehead atoms. The van der Waals surface area contributed by atoms with Crippen LogP contribution in [0.4, 0.5) is 27.6 Å². The predicted molar refractivity (Wildman–Crippen MR) is 106 cm³/mol. The van der Waals surface area contributed by atoms with Crippen LogP contribution in [0, 0.1) is 0 Å². The van der Waals surface area contributed by atoms with Gasteiger partial charge in [0.2, 0.25) is 0 Å². The molecule has 4 rings (SSSR count). The van der Waals surface area contributed by atoms with Crippen molar-refractivity contribution in [1.82, 2.24) is 29.8 Å². The summed E-state index contributed by atoms with van der Waals surface area (Å²) in [5.74, 6) is -1.39. The van der Waals surface area contributed by atoms with Crippen LogP contribution in [-0.2, 0) is 6.18 Å². The third-order valence-electron chi connectivity index (χ3n) is 4.33. The Morgan fingerprint density at radius 2 is 1.76 bits per heavy atom. The summed E-state index contributed by atoms with van der Waals surface area (Å²) in [5, 5.41) is 13.1. The largest absolute Gasteiger partial charge is 0.420 e. The highest BCUT2D eigenvalue weighted by molar-refractivity contribution is 6.32. The van der Waals surface area contributed by atoms with Gasteiger partial charge in [-0.25, -0.2) is 4.98 Å². The number of carbonyl (C=O) groups excluding carboxylic acids is 1. The maximum atomic E-state index is 13.9. The van der Waals surface area contributed by atoms with Gasteiger partial charge < -0.3 is 5.32 Å². The highest BCUT2D eigenvalue weighted by Gasteiger charge is 2.43. The molecule has 14 heteroatoms. The quantitative estimate of drug-likeness (QED) is 0.410. The molecule has 0 unspecified atom stereocenters. The first kappa shape index (κ1) is 22.3. The van der Waals surface area contributed by atoms with Crippen LogP contribution in [-0.4, -0.2) is 35.7 Å². The maximum Gasteiger partial charge on any atom is 0.420 e. The minimum atomic E-state index is -5.16. The number of nitrogens with one attached hydrogen (secondary N) is 1. The van der Waals surface area contributed by atoms with E-state index < -0.39 is 35.6 Å². The van der Waals surface area contributed by atoms with Gasteiger partial charge in [-0.15, -0.1) is 4.80 Å². The molecule has 1 N–H and O–H groups in total. The van der Waals surface area contributed by atoms with Crippen molar-refractivity contribution >= 4 is 23.2 Å². The van der Waals surface area contributed by atoms with Crippen LogP contribution in [0.25, 0.3) is 17.1 Å². The Labute approximate surface area is 186 Å². The molecule has 0 aliphatic heterocycles. The van der Waals surface area contributed by atoms with Crippen LogP contribution in [0.5, 0.6) is 0 Å². The Morgan fingerprint density at radius 1 is 1.09 bits per heavy atom. The van der Waals surface area contributed by atoms with Gasteiger partial charge in [0.15, 0.2) is 5.82 Å². The normalized spacial score (nSPS) is 11.7. The number of aromatic nitrogens is 6. The van der Waals surface area contributed by atoms with Crippen molar-refractivity contribution in [3.8, 4) is 17.1 Å². The number of carbonyl (C=O) groups is 1. The summed E-state index contributed by atoms with van der Waals surface area (Å²) in [4.78, 5) is 17.8. The van der Waals surface area contributed by atoms with Crippen LogP contribution in [0.2, 0.25) is 5.02 Å². The summed E-state index contributed by atoms with van der Waals surface area (Å²) in [6.07, 6.45) is -1.36. The number of halogens is 6. The van der Waals surface area contributed by atoms with Crippen molar-refractivity contribution in [2.75, 3.05) is 5.32 Å². The number of pyridine rings is 1. The molecular weight excluding hydrogens is 473 g/mol. The Morgan fingerprint density at radius 3 is 2.33 bits per heavy atom. The van der Waals surface area contributed by atoms with Crippen LogP contribution in [0.1, 0.15) is 22.6 Å². The lowest BCUT2D eigenvalue weighted by atomic mass is 10.0. The molecule has 0 fully saturated rings. The van der Waals surface area contributed by atoms with Gasteiger partial charge in [0.05, 0.1) is 29.3 Å². The van der Waals surface area contributed by atoms with E-state index in [4.69, 9.17) is 11.6 Å². The highest BCUT2D eigenvalue weighted by atomic mass is 35.5. The van der Waals surface area contributed by atoms with Crippen LogP contribution < -0.4 is 5.32 Å². The fourth-order valence-electron chi connectivity index (χ4n) is 3.02. The van der Waals surface area contributed by atoms with E-state index in [0.717, 1.165) is 11.0 Å². The highest BCUT2D eigenvalue weighted by Crippen LogP contribution is 2.40. The van der Waals surface area contributed by atoms with Gasteiger partial charge in [0.1, 0.15) is 17.0 Å². The van der Waals surface area contributed by atoms with E-state index in [0.29, 0.717) is 0 Å². The molecule has 0 aliphatic carbocycles. The average Bonchev–Trinajstić information content (AvgIpc) is 3.42. The van der Waals surface area contributed by atoms with Crippen molar-refractivity contribution in [3.63, 3.8) is 0 Å². The molecule has 3 heterocycles. The monoisotopic (exact) mass is 483 g/mol. The molecule has 0 aliphatic rings. The first-order chi connectivity index (χ1) is 15.7. The minimum Gasteiger partial charge on any atom is -0.319 e. The predicted octanol–water partition coefficient (Wildman–Crippen LogP) is 4.85. The molecule has 3 aromatic heterocycles. The number of hydrogen-bond donors (Lipinski definition) is 1. The number of rotatable bonds is 5. The zero-order valence-electron chi connectivity index (χ0n) is 16.1. The van der Waals surface area contributed by atoms with E-state index in [1.807, 2.05) is 0 Å². The van der Waals surface area contributed by atoms with Crippen molar-refractivity contribution in [3.05, 3.63) is 71.3 Å². The van der Waals surface area contributed by atoms with E-state index in [9.17, 15) is 26.7 Å². The van der Waals surface area contributed by atoms with Gasteiger partial charge >= 0.3 is 12.7 Å². The summed E-state index contributed by atoms with van der Waals surface area (Å²) in [6, 6.07) is 8.06. The lowest BCUT2D eigenvalue weighted by molar-refractivity contribution is -0.137. The number of hydrogen-bond acceptors (Lipinski definition) is 5. The molecular formula is C19H11ClF5N7O. The zero-order valence-corrected chi connectivity index (χ0v) is 16.9. The second-order valence-corrected chi connectivity index (χ2v) is 6.87. The molecule has 170 valence electrons. The van der Waals surface area contributed by atoms with Gasteiger partial charge in [0.25, 0.3) is 5.91 Å². The maximum absolute atomic E-state index is 13.9. The van der Waals surface area contributed by atoms with Gasteiger partial charge in [-0.05, 0) is 6.07 Å². The van der Waals surface area contributed by atoms with Gasteiger partial charge in [0, 0.05) is 5.56 Å². The smallest absolute Gasteiger partial charge is 0.319 e. The third-order valence-corrected chi connectivity index (χ3v) is 4.61. The number of anilines is 1. The summed E-state index contributed by atoms with van der Waals surface area (Å²) in [7, 11) is 0. The molecule has 0 spiro atoms.